The first kappa shape index (κ1) is 19.0. The molecule has 3 aromatic rings. The maximum atomic E-state index is 13.3. The van der Waals surface area contributed by atoms with E-state index in [1.54, 1.807) is 18.1 Å². The number of carbonyl (C=O) groups excluding carboxylic acids is 1. The summed E-state index contributed by atoms with van der Waals surface area (Å²) in [5.74, 6) is -0.175. The number of hydrogen-bond acceptors (Lipinski definition) is 3. The molecule has 0 aliphatic carbocycles. The molecule has 1 fully saturated rings. The second-order valence-corrected chi connectivity index (χ2v) is 7.41. The van der Waals surface area contributed by atoms with Crippen LogP contribution in [0.1, 0.15) is 28.8 Å². The number of likely N-dealkylation sites (tertiary alicyclic amines) is 1. The molecular weight excluding hydrogens is 366 g/mol. The third kappa shape index (κ3) is 3.23. The van der Waals surface area contributed by atoms with Crippen molar-refractivity contribution in [1.82, 2.24) is 4.90 Å². The van der Waals surface area contributed by atoms with Crippen molar-refractivity contribution in [3.8, 4) is 5.75 Å². The molecule has 1 aliphatic rings. The maximum Gasteiger partial charge on any atom is 0.314 e. The van der Waals surface area contributed by atoms with Crippen molar-refractivity contribution in [3.05, 3.63) is 77.9 Å². The zero-order chi connectivity index (χ0) is 20.4. The van der Waals surface area contributed by atoms with Gasteiger partial charge in [-0.15, -0.1) is 0 Å². The number of ether oxygens (including phenoxy) is 1. The van der Waals surface area contributed by atoms with Gasteiger partial charge in [0.1, 0.15) is 5.75 Å². The Morgan fingerprint density at radius 3 is 2.14 bits per heavy atom. The number of piperidine rings is 1. The summed E-state index contributed by atoms with van der Waals surface area (Å²) >= 11 is 0. The van der Waals surface area contributed by atoms with Gasteiger partial charge in [-0.05, 0) is 35.9 Å². The quantitative estimate of drug-likeness (QED) is 0.729. The van der Waals surface area contributed by atoms with Crippen LogP contribution < -0.4 is 4.74 Å². The smallest absolute Gasteiger partial charge is 0.314 e. The molecule has 0 unspecified atom stereocenters. The SMILES string of the molecule is COc1ccc(C(=O)N2CCC(C(=O)O)(c3ccccc3)CC2)c2ccccc12. The molecule has 0 bridgehead atoms. The van der Waals surface area contributed by atoms with Gasteiger partial charge in [-0.2, -0.15) is 0 Å². The van der Waals surface area contributed by atoms with E-state index >= 15 is 0 Å². The highest BCUT2D eigenvalue weighted by Gasteiger charge is 2.44. The zero-order valence-electron chi connectivity index (χ0n) is 16.3. The predicted octanol–water partition coefficient (Wildman–Crippen LogP) is 4.11. The fraction of sp³-hybridized carbons (Fsp3) is 0.250. The summed E-state index contributed by atoms with van der Waals surface area (Å²) in [6, 6.07) is 20.6. The van der Waals surface area contributed by atoms with E-state index in [1.165, 1.54) is 0 Å². The van der Waals surface area contributed by atoms with Gasteiger partial charge in [0.2, 0.25) is 0 Å². The molecule has 1 saturated heterocycles. The summed E-state index contributed by atoms with van der Waals surface area (Å²) in [6.45, 7) is 0.806. The number of rotatable bonds is 4. The molecule has 29 heavy (non-hydrogen) atoms. The Labute approximate surface area is 169 Å². The summed E-state index contributed by atoms with van der Waals surface area (Å²) < 4.78 is 5.42. The van der Waals surface area contributed by atoms with E-state index in [-0.39, 0.29) is 5.91 Å². The van der Waals surface area contributed by atoms with Crippen LogP contribution >= 0.6 is 0 Å². The van der Waals surface area contributed by atoms with Gasteiger partial charge in [0.05, 0.1) is 12.5 Å². The van der Waals surface area contributed by atoms with Gasteiger partial charge in [0.25, 0.3) is 5.91 Å². The third-order valence-corrected chi connectivity index (χ3v) is 5.97. The second-order valence-electron chi connectivity index (χ2n) is 7.41. The standard InChI is InChI=1S/C24H23NO4/c1-29-21-12-11-20(18-9-5-6-10-19(18)21)22(26)25-15-13-24(14-16-25,23(27)28)17-7-3-2-4-8-17/h2-12H,13-16H2,1H3,(H,27,28). The highest BCUT2D eigenvalue weighted by molar-refractivity contribution is 6.08. The highest BCUT2D eigenvalue weighted by atomic mass is 16.5. The first-order valence-electron chi connectivity index (χ1n) is 9.71. The molecule has 3 aromatic carbocycles. The van der Waals surface area contributed by atoms with Crippen LogP contribution in [0, 0.1) is 0 Å². The monoisotopic (exact) mass is 389 g/mol. The number of methoxy groups -OCH3 is 1. The summed E-state index contributed by atoms with van der Waals surface area (Å²) in [6.07, 6.45) is 0.790. The van der Waals surface area contributed by atoms with Gasteiger partial charge in [-0.1, -0.05) is 54.6 Å². The van der Waals surface area contributed by atoms with Gasteiger partial charge in [0, 0.05) is 24.0 Å². The Kier molecular flexibility index (Phi) is 4.97. The Bertz CT molecular complexity index is 1050. The van der Waals surface area contributed by atoms with E-state index in [0.717, 1.165) is 22.1 Å². The fourth-order valence-corrected chi connectivity index (χ4v) is 4.28. The molecular formula is C24H23NO4. The van der Waals surface area contributed by atoms with Crippen LogP contribution in [0.25, 0.3) is 10.8 Å². The van der Waals surface area contributed by atoms with Crippen LogP contribution in [0.2, 0.25) is 0 Å². The fourth-order valence-electron chi connectivity index (χ4n) is 4.28. The van der Waals surface area contributed by atoms with Crippen LogP contribution in [0.3, 0.4) is 0 Å². The molecule has 5 nitrogen and oxygen atoms in total. The number of carboxylic acids is 1. The molecule has 1 amide bonds. The van der Waals surface area contributed by atoms with Crippen molar-refractivity contribution >= 4 is 22.6 Å². The minimum Gasteiger partial charge on any atom is -0.496 e. The average Bonchev–Trinajstić information content (AvgIpc) is 2.78. The summed E-state index contributed by atoms with van der Waals surface area (Å²) in [5.41, 5.74) is 0.471. The predicted molar refractivity (Wildman–Crippen MR) is 111 cm³/mol. The van der Waals surface area contributed by atoms with Crippen molar-refractivity contribution in [2.75, 3.05) is 20.2 Å². The van der Waals surface area contributed by atoms with E-state index in [1.807, 2.05) is 60.7 Å². The lowest BCUT2D eigenvalue weighted by Crippen LogP contribution is -2.49. The van der Waals surface area contributed by atoms with E-state index < -0.39 is 11.4 Å². The van der Waals surface area contributed by atoms with Crippen LogP contribution in [0.5, 0.6) is 5.75 Å². The third-order valence-electron chi connectivity index (χ3n) is 5.97. The average molecular weight is 389 g/mol. The van der Waals surface area contributed by atoms with Crippen molar-refractivity contribution in [1.29, 1.82) is 0 Å². The number of amides is 1. The molecule has 1 N–H and O–H groups in total. The maximum absolute atomic E-state index is 13.3. The van der Waals surface area contributed by atoms with E-state index in [2.05, 4.69) is 0 Å². The minimum absolute atomic E-state index is 0.0732. The van der Waals surface area contributed by atoms with Crippen molar-refractivity contribution in [2.45, 2.75) is 18.3 Å². The van der Waals surface area contributed by atoms with Crippen LogP contribution in [0.15, 0.2) is 66.7 Å². The Hall–Kier alpha value is -3.34. The summed E-state index contributed by atoms with van der Waals surface area (Å²) in [7, 11) is 1.61. The molecule has 0 radical (unpaired) electrons. The summed E-state index contributed by atoms with van der Waals surface area (Å²) in [5, 5.41) is 11.7. The molecule has 0 saturated carbocycles. The number of hydrogen-bond donors (Lipinski definition) is 1. The van der Waals surface area contributed by atoms with Gasteiger partial charge in [-0.3, -0.25) is 9.59 Å². The lowest BCUT2D eigenvalue weighted by Gasteiger charge is -2.39. The number of aliphatic carboxylic acids is 1. The first-order chi connectivity index (χ1) is 14.1. The Morgan fingerprint density at radius 1 is 0.897 bits per heavy atom. The largest absolute Gasteiger partial charge is 0.496 e. The van der Waals surface area contributed by atoms with Gasteiger partial charge in [0.15, 0.2) is 0 Å². The zero-order valence-corrected chi connectivity index (χ0v) is 16.3. The Morgan fingerprint density at radius 2 is 1.52 bits per heavy atom. The molecule has 4 rings (SSSR count). The van der Waals surface area contributed by atoms with Crippen molar-refractivity contribution in [2.24, 2.45) is 0 Å². The summed E-state index contributed by atoms with van der Waals surface area (Å²) in [4.78, 5) is 27.2. The van der Waals surface area contributed by atoms with Gasteiger partial charge < -0.3 is 14.7 Å². The lowest BCUT2D eigenvalue weighted by molar-refractivity contribution is -0.145. The molecule has 1 heterocycles. The highest BCUT2D eigenvalue weighted by Crippen LogP contribution is 2.37. The van der Waals surface area contributed by atoms with Gasteiger partial charge in [-0.25, -0.2) is 0 Å². The number of carboxylic acid groups (broad SMARTS) is 1. The normalized spacial score (nSPS) is 15.8. The second kappa shape index (κ2) is 7.59. The van der Waals surface area contributed by atoms with E-state index in [9.17, 15) is 14.7 Å². The lowest BCUT2D eigenvalue weighted by atomic mass is 9.72. The molecule has 1 aliphatic heterocycles. The van der Waals surface area contributed by atoms with E-state index in [0.29, 0.717) is 31.5 Å². The number of carbonyl (C=O) groups is 2. The van der Waals surface area contributed by atoms with Crippen molar-refractivity contribution < 1.29 is 19.4 Å². The Balaban J connectivity index is 1.62. The molecule has 148 valence electrons. The van der Waals surface area contributed by atoms with Crippen LogP contribution in [0.4, 0.5) is 0 Å². The number of fused-ring (bicyclic) bond motifs is 1. The van der Waals surface area contributed by atoms with E-state index in [4.69, 9.17) is 4.74 Å². The van der Waals surface area contributed by atoms with Crippen LogP contribution in [-0.4, -0.2) is 42.1 Å². The number of nitrogens with zero attached hydrogens (tertiary/aromatic N) is 1. The molecule has 0 spiro atoms. The molecule has 5 heteroatoms. The first-order valence-corrected chi connectivity index (χ1v) is 9.71. The minimum atomic E-state index is -0.944. The van der Waals surface area contributed by atoms with Crippen molar-refractivity contribution in [3.63, 3.8) is 0 Å². The number of benzene rings is 3. The molecule has 0 aromatic heterocycles. The molecule has 0 atom stereocenters. The van der Waals surface area contributed by atoms with Gasteiger partial charge >= 0.3 is 5.97 Å². The van der Waals surface area contributed by atoms with Crippen LogP contribution in [-0.2, 0) is 10.2 Å². The topological polar surface area (TPSA) is 66.8 Å².